The average molecular weight is 415 g/mol. The Bertz CT molecular complexity index is 1160. The topological polar surface area (TPSA) is 33.4 Å². The van der Waals surface area contributed by atoms with Gasteiger partial charge < -0.3 is 4.90 Å². The molecule has 0 spiro atoms. The minimum atomic E-state index is 0.682. The number of aromatic nitrogens is 3. The molecule has 4 nitrogen and oxygen atoms in total. The molecule has 0 bridgehead atoms. The fourth-order valence-corrected chi connectivity index (χ4v) is 4.77. The van der Waals surface area contributed by atoms with Crippen molar-refractivity contribution in [3.05, 3.63) is 72.7 Å². The molecule has 1 fully saturated rings. The van der Waals surface area contributed by atoms with Gasteiger partial charge in [-0.2, -0.15) is 5.10 Å². The van der Waals surface area contributed by atoms with Gasteiger partial charge >= 0.3 is 0 Å². The summed E-state index contributed by atoms with van der Waals surface area (Å²) >= 11 is 1.75. The molecule has 2 aromatic heterocycles. The molecule has 30 heavy (non-hydrogen) atoms. The quantitative estimate of drug-likeness (QED) is 0.407. The molecule has 152 valence electrons. The van der Waals surface area contributed by atoms with Crippen LogP contribution in [0.25, 0.3) is 27.9 Å². The van der Waals surface area contributed by atoms with E-state index in [-0.39, 0.29) is 0 Å². The maximum absolute atomic E-state index is 4.76. The van der Waals surface area contributed by atoms with Gasteiger partial charge in [0.25, 0.3) is 0 Å². The van der Waals surface area contributed by atoms with Crippen LogP contribution in [0.15, 0.2) is 72.0 Å². The SMILES string of the molecule is CSc1cccc(-c2cnn3cc(-c4ccc(C5CCN(C)CC5)cc4)cnc23)c1. The first-order chi connectivity index (χ1) is 14.7. The molecule has 1 aliphatic rings. The zero-order chi connectivity index (χ0) is 20.5. The summed E-state index contributed by atoms with van der Waals surface area (Å²) in [7, 11) is 2.21. The van der Waals surface area contributed by atoms with Gasteiger partial charge in [0, 0.05) is 28.4 Å². The normalized spacial score (nSPS) is 15.7. The lowest BCUT2D eigenvalue weighted by Crippen LogP contribution is -2.29. The van der Waals surface area contributed by atoms with E-state index in [1.807, 2.05) is 16.9 Å². The Labute approximate surface area is 182 Å². The van der Waals surface area contributed by atoms with Crippen molar-refractivity contribution in [2.24, 2.45) is 0 Å². The van der Waals surface area contributed by atoms with Crippen LogP contribution in [0.3, 0.4) is 0 Å². The van der Waals surface area contributed by atoms with E-state index in [1.54, 1.807) is 11.8 Å². The Morgan fingerprint density at radius 2 is 1.73 bits per heavy atom. The third-order valence-electron chi connectivity index (χ3n) is 6.17. The van der Waals surface area contributed by atoms with Gasteiger partial charge in [-0.1, -0.05) is 36.4 Å². The molecule has 1 aliphatic heterocycles. The predicted octanol–water partition coefficient (Wildman–Crippen LogP) is 5.59. The molecule has 0 unspecified atom stereocenters. The Balaban J connectivity index is 1.41. The molecular weight excluding hydrogens is 388 g/mol. The summed E-state index contributed by atoms with van der Waals surface area (Å²) in [5.74, 6) is 0.682. The molecule has 2 aromatic carbocycles. The lowest BCUT2D eigenvalue weighted by Gasteiger charge is -2.29. The molecule has 5 rings (SSSR count). The minimum Gasteiger partial charge on any atom is -0.306 e. The van der Waals surface area contributed by atoms with Crippen LogP contribution in [0.5, 0.6) is 0 Å². The lowest BCUT2D eigenvalue weighted by molar-refractivity contribution is 0.255. The van der Waals surface area contributed by atoms with E-state index >= 15 is 0 Å². The lowest BCUT2D eigenvalue weighted by atomic mass is 9.89. The minimum absolute atomic E-state index is 0.682. The fraction of sp³-hybridized carbons (Fsp3) is 0.280. The molecule has 0 N–H and O–H groups in total. The molecule has 0 radical (unpaired) electrons. The number of piperidine rings is 1. The van der Waals surface area contributed by atoms with Crippen LogP contribution in [-0.4, -0.2) is 45.9 Å². The van der Waals surface area contributed by atoms with Crippen LogP contribution >= 0.6 is 11.8 Å². The summed E-state index contributed by atoms with van der Waals surface area (Å²) in [6.07, 6.45) is 10.5. The number of fused-ring (bicyclic) bond motifs is 1. The van der Waals surface area contributed by atoms with E-state index in [2.05, 4.69) is 78.0 Å². The van der Waals surface area contributed by atoms with Crippen LogP contribution in [0.4, 0.5) is 0 Å². The molecule has 1 saturated heterocycles. The number of rotatable bonds is 4. The van der Waals surface area contributed by atoms with E-state index in [0.29, 0.717) is 5.92 Å². The van der Waals surface area contributed by atoms with Crippen molar-refractivity contribution in [2.45, 2.75) is 23.7 Å². The second kappa shape index (κ2) is 8.25. The first kappa shape index (κ1) is 19.3. The smallest absolute Gasteiger partial charge is 0.162 e. The number of hydrogen-bond acceptors (Lipinski definition) is 4. The Kier molecular flexibility index (Phi) is 5.32. The summed E-state index contributed by atoms with van der Waals surface area (Å²) in [6.45, 7) is 2.38. The summed E-state index contributed by atoms with van der Waals surface area (Å²) in [5, 5.41) is 4.58. The van der Waals surface area contributed by atoms with Crippen molar-refractivity contribution < 1.29 is 0 Å². The van der Waals surface area contributed by atoms with Gasteiger partial charge in [-0.05, 0) is 74.0 Å². The zero-order valence-corrected chi connectivity index (χ0v) is 18.3. The maximum Gasteiger partial charge on any atom is 0.162 e. The predicted molar refractivity (Wildman–Crippen MR) is 125 cm³/mol. The molecule has 4 aromatic rings. The molecular formula is C25H26N4S. The summed E-state index contributed by atoms with van der Waals surface area (Å²) in [5.41, 5.74) is 6.83. The van der Waals surface area contributed by atoms with Crippen LogP contribution in [-0.2, 0) is 0 Å². The largest absolute Gasteiger partial charge is 0.306 e. The van der Waals surface area contributed by atoms with Gasteiger partial charge in [-0.25, -0.2) is 9.50 Å². The molecule has 0 amide bonds. The summed E-state index contributed by atoms with van der Waals surface area (Å²) in [6, 6.07) is 17.6. The third kappa shape index (κ3) is 3.75. The van der Waals surface area contributed by atoms with Crippen molar-refractivity contribution in [2.75, 3.05) is 26.4 Å². The second-order valence-electron chi connectivity index (χ2n) is 8.10. The highest BCUT2D eigenvalue weighted by Crippen LogP contribution is 2.31. The van der Waals surface area contributed by atoms with E-state index in [4.69, 9.17) is 4.98 Å². The monoisotopic (exact) mass is 414 g/mol. The number of likely N-dealkylation sites (tertiary alicyclic amines) is 1. The molecule has 0 atom stereocenters. The second-order valence-corrected chi connectivity index (χ2v) is 8.98. The maximum atomic E-state index is 4.76. The van der Waals surface area contributed by atoms with E-state index in [1.165, 1.54) is 42.0 Å². The zero-order valence-electron chi connectivity index (χ0n) is 17.5. The van der Waals surface area contributed by atoms with Gasteiger partial charge in [0.15, 0.2) is 5.65 Å². The van der Waals surface area contributed by atoms with Gasteiger partial charge in [0.2, 0.25) is 0 Å². The molecule has 3 heterocycles. The molecule has 0 saturated carbocycles. The highest BCUT2D eigenvalue weighted by Gasteiger charge is 2.18. The highest BCUT2D eigenvalue weighted by molar-refractivity contribution is 7.98. The van der Waals surface area contributed by atoms with Crippen LogP contribution in [0, 0.1) is 0 Å². The van der Waals surface area contributed by atoms with Crippen molar-refractivity contribution in [3.63, 3.8) is 0 Å². The van der Waals surface area contributed by atoms with Crippen molar-refractivity contribution in [1.82, 2.24) is 19.5 Å². The van der Waals surface area contributed by atoms with Crippen LogP contribution in [0.1, 0.15) is 24.3 Å². The van der Waals surface area contributed by atoms with Crippen molar-refractivity contribution >= 4 is 17.4 Å². The van der Waals surface area contributed by atoms with Crippen molar-refractivity contribution in [1.29, 1.82) is 0 Å². The Morgan fingerprint density at radius 1 is 0.933 bits per heavy atom. The number of benzene rings is 2. The number of thioether (sulfide) groups is 1. The van der Waals surface area contributed by atoms with Gasteiger partial charge in [0.1, 0.15) is 0 Å². The van der Waals surface area contributed by atoms with Crippen LogP contribution in [0.2, 0.25) is 0 Å². The first-order valence-electron chi connectivity index (χ1n) is 10.5. The first-order valence-corrected chi connectivity index (χ1v) is 11.7. The van der Waals surface area contributed by atoms with Crippen molar-refractivity contribution in [3.8, 4) is 22.3 Å². The molecule has 0 aliphatic carbocycles. The average Bonchev–Trinajstić information content (AvgIpc) is 3.23. The fourth-order valence-electron chi connectivity index (χ4n) is 4.31. The Morgan fingerprint density at radius 3 is 2.50 bits per heavy atom. The van der Waals surface area contributed by atoms with E-state index < -0.39 is 0 Å². The van der Waals surface area contributed by atoms with E-state index in [0.717, 1.165) is 22.3 Å². The van der Waals surface area contributed by atoms with Gasteiger partial charge in [-0.15, -0.1) is 11.8 Å². The number of hydrogen-bond donors (Lipinski definition) is 0. The highest BCUT2D eigenvalue weighted by atomic mass is 32.2. The number of nitrogens with zero attached hydrogens (tertiary/aromatic N) is 4. The van der Waals surface area contributed by atoms with Crippen LogP contribution < -0.4 is 0 Å². The summed E-state index contributed by atoms with van der Waals surface area (Å²) in [4.78, 5) is 8.42. The van der Waals surface area contributed by atoms with E-state index in [9.17, 15) is 0 Å². The molecule has 5 heteroatoms. The Hall–Kier alpha value is -2.63. The standard InChI is InChI=1S/C25H26N4S/c1-28-12-10-20(11-13-28)18-6-8-19(9-7-18)22-15-26-25-24(16-27-29(25)17-22)21-4-3-5-23(14-21)30-2/h3-9,14-17,20H,10-13H2,1-2H3. The van der Waals surface area contributed by atoms with Gasteiger partial charge in [-0.3, -0.25) is 0 Å². The summed E-state index contributed by atoms with van der Waals surface area (Å²) < 4.78 is 1.89. The third-order valence-corrected chi connectivity index (χ3v) is 6.90. The van der Waals surface area contributed by atoms with Gasteiger partial charge in [0.05, 0.1) is 6.20 Å².